The quantitative estimate of drug-likeness (QED) is 0.523. The van der Waals surface area contributed by atoms with Crippen molar-refractivity contribution in [2.45, 2.75) is 6.92 Å². The van der Waals surface area contributed by atoms with Crippen LogP contribution in [0, 0.1) is 12.3 Å². The largest absolute Gasteiger partial charge is 0.496 e. The number of anilines is 1. The average Bonchev–Trinajstić information content (AvgIpc) is 2.78. The summed E-state index contributed by atoms with van der Waals surface area (Å²) in [6.07, 6.45) is 9.22. The van der Waals surface area contributed by atoms with E-state index in [0.717, 1.165) is 16.7 Å². The number of aromatic nitrogens is 3. The van der Waals surface area contributed by atoms with Gasteiger partial charge in [0.1, 0.15) is 5.75 Å². The van der Waals surface area contributed by atoms with Crippen molar-refractivity contribution in [2.75, 3.05) is 19.5 Å². The highest BCUT2D eigenvalue weighted by Gasteiger charge is 2.13. The van der Waals surface area contributed by atoms with Gasteiger partial charge in [-0.05, 0) is 36.2 Å². The Labute approximate surface area is 174 Å². The van der Waals surface area contributed by atoms with E-state index >= 15 is 0 Å². The number of methoxy groups -OCH3 is 1. The normalized spacial score (nSPS) is 11.0. The topological polar surface area (TPSA) is 113 Å². The third-order valence-corrected chi connectivity index (χ3v) is 4.44. The van der Waals surface area contributed by atoms with Crippen LogP contribution in [0.1, 0.15) is 21.5 Å². The molecule has 0 saturated carbocycles. The Morgan fingerprint density at radius 1 is 1.17 bits per heavy atom. The van der Waals surface area contributed by atoms with Crippen LogP contribution in [0.15, 0.2) is 55.3 Å². The minimum atomic E-state index is -0.296. The fourth-order valence-corrected chi connectivity index (χ4v) is 2.87. The minimum absolute atomic E-state index is 0.296. The minimum Gasteiger partial charge on any atom is -0.496 e. The number of nitrogens with one attached hydrogen (secondary N) is 3. The predicted octanol–water partition coefficient (Wildman–Crippen LogP) is 3.32. The molecule has 1 amide bonds. The van der Waals surface area contributed by atoms with Gasteiger partial charge in [-0.15, -0.1) is 0 Å². The van der Waals surface area contributed by atoms with Crippen molar-refractivity contribution in [1.82, 2.24) is 20.3 Å². The molecule has 8 nitrogen and oxygen atoms in total. The van der Waals surface area contributed by atoms with Crippen LogP contribution >= 0.6 is 0 Å². The highest BCUT2D eigenvalue weighted by Crippen LogP contribution is 2.31. The van der Waals surface area contributed by atoms with E-state index in [9.17, 15) is 4.79 Å². The molecule has 0 radical (unpaired) electrons. The van der Waals surface area contributed by atoms with Crippen LogP contribution in [0.5, 0.6) is 5.75 Å². The number of rotatable bonds is 7. The second-order valence-electron chi connectivity index (χ2n) is 6.38. The van der Waals surface area contributed by atoms with Crippen molar-refractivity contribution in [3.8, 4) is 17.0 Å². The van der Waals surface area contributed by atoms with Crippen molar-refractivity contribution in [1.29, 1.82) is 5.41 Å². The van der Waals surface area contributed by atoms with Crippen molar-refractivity contribution in [2.24, 2.45) is 0 Å². The standard InChI is InChI=1S/C22H22N6O2/c1-14-6-7-25-11-18(14)22(29)28-21-13-26-19(12-27-21)17-8-15(4-5-20(17)30-3)16(9-23)10-24-2/h4-13,23-24H,1-3H3,(H,27,28,29)/b16-10+,23-9?. The molecule has 0 spiro atoms. The van der Waals surface area contributed by atoms with Gasteiger partial charge in [-0.2, -0.15) is 0 Å². The van der Waals surface area contributed by atoms with E-state index in [0.29, 0.717) is 28.4 Å². The number of benzene rings is 1. The second-order valence-corrected chi connectivity index (χ2v) is 6.38. The van der Waals surface area contributed by atoms with Gasteiger partial charge >= 0.3 is 0 Å². The predicted molar refractivity (Wildman–Crippen MR) is 117 cm³/mol. The zero-order valence-electron chi connectivity index (χ0n) is 16.9. The molecule has 1 aromatic carbocycles. The number of hydrogen-bond donors (Lipinski definition) is 3. The highest BCUT2D eigenvalue weighted by molar-refractivity contribution is 6.08. The lowest BCUT2D eigenvalue weighted by molar-refractivity contribution is 0.102. The molecule has 30 heavy (non-hydrogen) atoms. The van der Waals surface area contributed by atoms with Crippen LogP contribution in [0.3, 0.4) is 0 Å². The monoisotopic (exact) mass is 402 g/mol. The fourth-order valence-electron chi connectivity index (χ4n) is 2.87. The summed E-state index contributed by atoms with van der Waals surface area (Å²) in [4.78, 5) is 25.2. The molecule has 0 atom stereocenters. The number of hydrogen-bond acceptors (Lipinski definition) is 7. The highest BCUT2D eigenvalue weighted by atomic mass is 16.5. The number of ether oxygens (including phenoxy) is 1. The van der Waals surface area contributed by atoms with Gasteiger partial charge in [0.2, 0.25) is 0 Å². The molecular weight excluding hydrogens is 380 g/mol. The molecule has 0 aliphatic heterocycles. The van der Waals surface area contributed by atoms with Crippen molar-refractivity contribution >= 4 is 23.5 Å². The molecule has 0 unspecified atom stereocenters. The number of pyridine rings is 1. The summed E-state index contributed by atoms with van der Waals surface area (Å²) in [5.74, 6) is 0.664. The van der Waals surface area contributed by atoms with E-state index in [4.69, 9.17) is 10.1 Å². The number of nitrogens with zero attached hydrogens (tertiary/aromatic N) is 3. The van der Waals surface area contributed by atoms with Crippen molar-refractivity contribution in [3.05, 3.63) is 71.9 Å². The van der Waals surface area contributed by atoms with Gasteiger partial charge < -0.3 is 20.8 Å². The first kappa shape index (κ1) is 20.7. The van der Waals surface area contributed by atoms with Crippen LogP contribution in [-0.2, 0) is 0 Å². The van der Waals surface area contributed by atoms with Gasteiger partial charge in [0, 0.05) is 43.0 Å². The van der Waals surface area contributed by atoms with Crippen LogP contribution in [0.4, 0.5) is 5.82 Å². The number of amides is 1. The lowest BCUT2D eigenvalue weighted by Crippen LogP contribution is -2.14. The van der Waals surface area contributed by atoms with E-state index in [-0.39, 0.29) is 5.91 Å². The number of carbonyl (C=O) groups excluding carboxylic acids is 1. The van der Waals surface area contributed by atoms with Crippen LogP contribution in [0.2, 0.25) is 0 Å². The third kappa shape index (κ3) is 4.49. The first-order valence-corrected chi connectivity index (χ1v) is 9.18. The summed E-state index contributed by atoms with van der Waals surface area (Å²) < 4.78 is 5.46. The van der Waals surface area contributed by atoms with Crippen molar-refractivity contribution in [3.63, 3.8) is 0 Å². The lowest BCUT2D eigenvalue weighted by Gasteiger charge is -2.11. The Kier molecular flexibility index (Phi) is 6.49. The molecule has 3 N–H and O–H groups in total. The van der Waals surface area contributed by atoms with Gasteiger partial charge in [0.15, 0.2) is 5.82 Å². The Bertz CT molecular complexity index is 1090. The molecule has 8 heteroatoms. The molecule has 2 heterocycles. The first-order valence-electron chi connectivity index (χ1n) is 9.18. The van der Waals surface area contributed by atoms with Gasteiger partial charge in [-0.25, -0.2) is 4.98 Å². The fraction of sp³-hybridized carbons (Fsp3) is 0.136. The molecule has 152 valence electrons. The molecule has 0 fully saturated rings. The molecular formula is C22H22N6O2. The first-order chi connectivity index (χ1) is 14.6. The van der Waals surface area contributed by atoms with Crippen LogP contribution in [-0.4, -0.2) is 41.2 Å². The summed E-state index contributed by atoms with van der Waals surface area (Å²) in [6.45, 7) is 1.84. The Morgan fingerprint density at radius 3 is 2.63 bits per heavy atom. The smallest absolute Gasteiger partial charge is 0.258 e. The summed E-state index contributed by atoms with van der Waals surface area (Å²) in [6, 6.07) is 7.34. The van der Waals surface area contributed by atoms with E-state index in [1.807, 2.05) is 25.1 Å². The molecule has 0 bridgehead atoms. The zero-order valence-corrected chi connectivity index (χ0v) is 16.9. The second kappa shape index (κ2) is 9.42. The molecule has 2 aromatic heterocycles. The summed E-state index contributed by atoms with van der Waals surface area (Å²) in [7, 11) is 3.36. The van der Waals surface area contributed by atoms with E-state index in [1.165, 1.54) is 18.6 Å². The molecule has 0 saturated heterocycles. The Hall–Kier alpha value is -4.07. The maximum absolute atomic E-state index is 12.4. The van der Waals surface area contributed by atoms with E-state index < -0.39 is 0 Å². The van der Waals surface area contributed by atoms with Gasteiger partial charge in [0.25, 0.3) is 5.91 Å². The third-order valence-electron chi connectivity index (χ3n) is 4.44. The lowest BCUT2D eigenvalue weighted by atomic mass is 10.0. The molecule has 0 aliphatic rings. The summed E-state index contributed by atoms with van der Waals surface area (Å²) in [5.41, 5.74) is 4.16. The van der Waals surface area contributed by atoms with E-state index in [2.05, 4.69) is 25.6 Å². The van der Waals surface area contributed by atoms with Crippen LogP contribution < -0.4 is 15.4 Å². The summed E-state index contributed by atoms with van der Waals surface area (Å²) in [5, 5.41) is 13.3. The number of carbonyl (C=O) groups is 1. The summed E-state index contributed by atoms with van der Waals surface area (Å²) >= 11 is 0. The molecule has 3 rings (SSSR count). The van der Waals surface area contributed by atoms with Crippen LogP contribution in [0.25, 0.3) is 16.8 Å². The Morgan fingerprint density at radius 2 is 2.00 bits per heavy atom. The number of aryl methyl sites for hydroxylation is 1. The molecule has 0 aliphatic carbocycles. The van der Waals surface area contributed by atoms with Gasteiger partial charge in [0.05, 0.1) is 30.8 Å². The zero-order chi connectivity index (χ0) is 21.5. The Balaban J connectivity index is 1.88. The van der Waals surface area contributed by atoms with Crippen molar-refractivity contribution < 1.29 is 9.53 Å². The SMILES string of the molecule is CN/C=C(\C=N)c1ccc(OC)c(-c2cnc(NC(=O)c3cnccc3C)cn2)c1. The van der Waals surface area contributed by atoms with E-state index in [1.54, 1.807) is 38.8 Å². The average molecular weight is 402 g/mol. The maximum Gasteiger partial charge on any atom is 0.258 e. The van der Waals surface area contributed by atoms with Gasteiger partial charge in [-0.1, -0.05) is 6.07 Å². The number of allylic oxidation sites excluding steroid dienone is 1. The van der Waals surface area contributed by atoms with Gasteiger partial charge in [-0.3, -0.25) is 14.8 Å². The maximum atomic E-state index is 12.4. The molecule has 3 aromatic rings.